The zero-order chi connectivity index (χ0) is 10.9. The van der Waals surface area contributed by atoms with Gasteiger partial charge in [-0.05, 0) is 20.3 Å². The van der Waals surface area contributed by atoms with Crippen LogP contribution >= 0.6 is 0 Å². The van der Waals surface area contributed by atoms with Crippen LogP contribution in [0.5, 0.6) is 0 Å². The van der Waals surface area contributed by atoms with E-state index in [4.69, 9.17) is 4.74 Å². The molecule has 5 nitrogen and oxygen atoms in total. The molecular formula is C10H18N4O. The summed E-state index contributed by atoms with van der Waals surface area (Å²) < 4.78 is 7.49. The minimum Gasteiger partial charge on any atom is -0.377 e. The molecule has 0 amide bonds. The lowest BCUT2D eigenvalue weighted by Gasteiger charge is -2.28. The largest absolute Gasteiger partial charge is 0.377 e. The molecule has 1 aromatic heterocycles. The van der Waals surface area contributed by atoms with Crippen molar-refractivity contribution in [3.8, 4) is 0 Å². The molecule has 1 aliphatic rings. The first-order chi connectivity index (χ1) is 7.12. The molecule has 0 spiro atoms. The molecule has 1 fully saturated rings. The minimum absolute atomic E-state index is 0.0615. The first kappa shape index (κ1) is 10.6. The maximum atomic E-state index is 5.56. The van der Waals surface area contributed by atoms with Crippen LogP contribution in [0.2, 0.25) is 0 Å². The summed E-state index contributed by atoms with van der Waals surface area (Å²) in [6.45, 7) is 5.88. The van der Waals surface area contributed by atoms with Crippen LogP contribution in [0, 0.1) is 0 Å². The molecule has 0 bridgehead atoms. The maximum absolute atomic E-state index is 5.56. The van der Waals surface area contributed by atoms with E-state index in [1.54, 1.807) is 6.33 Å². The van der Waals surface area contributed by atoms with Gasteiger partial charge in [0, 0.05) is 19.2 Å². The van der Waals surface area contributed by atoms with Gasteiger partial charge in [-0.25, -0.2) is 0 Å². The predicted molar refractivity (Wildman–Crippen MR) is 56.3 cm³/mol. The van der Waals surface area contributed by atoms with Crippen LogP contribution in [0.25, 0.3) is 0 Å². The summed E-state index contributed by atoms with van der Waals surface area (Å²) in [7, 11) is 1.95. The van der Waals surface area contributed by atoms with Crippen LogP contribution in [0.1, 0.15) is 26.1 Å². The highest BCUT2D eigenvalue weighted by atomic mass is 16.5. The molecule has 2 atom stereocenters. The number of ether oxygens (including phenoxy) is 1. The van der Waals surface area contributed by atoms with Gasteiger partial charge in [-0.1, -0.05) is 0 Å². The van der Waals surface area contributed by atoms with Crippen LogP contribution in [0.3, 0.4) is 0 Å². The molecule has 0 aromatic carbocycles. The Labute approximate surface area is 89.8 Å². The minimum atomic E-state index is 0.0615. The Balaban J connectivity index is 1.96. The highest BCUT2D eigenvalue weighted by molar-refractivity contribution is 4.95. The van der Waals surface area contributed by atoms with Crippen molar-refractivity contribution < 1.29 is 4.74 Å². The van der Waals surface area contributed by atoms with E-state index in [1.807, 2.05) is 11.6 Å². The number of aryl methyl sites for hydroxylation is 1. The molecule has 0 radical (unpaired) electrons. The smallest absolute Gasteiger partial charge is 0.146 e. The first-order valence-electron chi connectivity index (χ1n) is 5.31. The molecule has 0 saturated carbocycles. The molecule has 1 N–H and O–H groups in total. The van der Waals surface area contributed by atoms with Crippen LogP contribution in [-0.2, 0) is 18.3 Å². The van der Waals surface area contributed by atoms with E-state index in [9.17, 15) is 0 Å². The van der Waals surface area contributed by atoms with Crippen LogP contribution in [-0.4, -0.2) is 33.0 Å². The zero-order valence-electron chi connectivity index (χ0n) is 9.53. The third kappa shape index (κ3) is 2.03. The topological polar surface area (TPSA) is 52.0 Å². The molecular weight excluding hydrogens is 192 g/mol. The van der Waals surface area contributed by atoms with E-state index >= 15 is 0 Å². The Kier molecular flexibility index (Phi) is 2.75. The maximum Gasteiger partial charge on any atom is 0.146 e. The average molecular weight is 210 g/mol. The van der Waals surface area contributed by atoms with Crippen LogP contribution in [0.4, 0.5) is 0 Å². The van der Waals surface area contributed by atoms with Gasteiger partial charge in [0.15, 0.2) is 0 Å². The Morgan fingerprint density at radius 3 is 3.07 bits per heavy atom. The van der Waals surface area contributed by atoms with Crippen molar-refractivity contribution in [2.24, 2.45) is 7.05 Å². The quantitative estimate of drug-likeness (QED) is 0.788. The molecule has 15 heavy (non-hydrogen) atoms. The summed E-state index contributed by atoms with van der Waals surface area (Å²) in [5.41, 5.74) is 0.0615. The van der Waals surface area contributed by atoms with Crippen molar-refractivity contribution >= 4 is 0 Å². The lowest BCUT2D eigenvalue weighted by Crippen LogP contribution is -2.47. The summed E-state index contributed by atoms with van der Waals surface area (Å²) in [6.07, 6.45) is 3.02. The molecule has 0 aliphatic carbocycles. The van der Waals surface area contributed by atoms with Gasteiger partial charge in [0.2, 0.25) is 0 Å². The fraction of sp³-hybridized carbons (Fsp3) is 0.800. The summed E-state index contributed by atoms with van der Waals surface area (Å²) in [5.74, 6) is 0.954. The zero-order valence-corrected chi connectivity index (χ0v) is 9.53. The van der Waals surface area contributed by atoms with Crippen molar-refractivity contribution in [1.82, 2.24) is 20.1 Å². The van der Waals surface area contributed by atoms with E-state index in [1.165, 1.54) is 0 Å². The van der Waals surface area contributed by atoms with Crippen molar-refractivity contribution in [1.29, 1.82) is 0 Å². The van der Waals surface area contributed by atoms with E-state index in [-0.39, 0.29) is 11.6 Å². The van der Waals surface area contributed by atoms with Crippen molar-refractivity contribution in [3.05, 3.63) is 12.2 Å². The highest BCUT2D eigenvalue weighted by Gasteiger charge is 2.36. The van der Waals surface area contributed by atoms with Gasteiger partial charge in [-0.15, -0.1) is 10.2 Å². The highest BCUT2D eigenvalue weighted by Crippen LogP contribution is 2.25. The van der Waals surface area contributed by atoms with Crippen LogP contribution in [0.15, 0.2) is 6.33 Å². The average Bonchev–Trinajstić information content (AvgIpc) is 2.73. The fourth-order valence-electron chi connectivity index (χ4n) is 1.82. The molecule has 5 heteroatoms. The second-order valence-corrected chi connectivity index (χ2v) is 4.39. The van der Waals surface area contributed by atoms with Gasteiger partial charge in [0.1, 0.15) is 12.2 Å². The van der Waals surface area contributed by atoms with Gasteiger partial charge in [-0.2, -0.15) is 0 Å². The molecule has 84 valence electrons. The number of nitrogens with zero attached hydrogens (tertiary/aromatic N) is 3. The van der Waals surface area contributed by atoms with Gasteiger partial charge in [-0.3, -0.25) is 0 Å². The number of aromatic nitrogens is 3. The number of nitrogens with one attached hydrogen (secondary N) is 1. The Morgan fingerprint density at radius 2 is 2.53 bits per heavy atom. The predicted octanol–water partition coefficient (Wildman–Crippen LogP) is 0.472. The van der Waals surface area contributed by atoms with Crippen molar-refractivity contribution in [3.63, 3.8) is 0 Å². The monoisotopic (exact) mass is 210 g/mol. The summed E-state index contributed by atoms with van der Waals surface area (Å²) in [6, 6.07) is 0. The SMILES string of the molecule is CC1OCCC1(C)NCc1nncn1C. The number of hydrogen-bond donors (Lipinski definition) is 1. The van der Waals surface area contributed by atoms with Crippen LogP contribution < -0.4 is 5.32 Å². The van der Waals surface area contributed by atoms with E-state index in [0.29, 0.717) is 0 Å². The summed E-state index contributed by atoms with van der Waals surface area (Å²) in [5, 5.41) is 11.4. The number of rotatable bonds is 3. The second kappa shape index (κ2) is 3.90. The molecule has 2 rings (SSSR count). The third-order valence-electron chi connectivity index (χ3n) is 3.34. The normalized spacial score (nSPS) is 31.0. The molecule has 2 heterocycles. The van der Waals surface area contributed by atoms with E-state index in [0.717, 1.165) is 25.4 Å². The van der Waals surface area contributed by atoms with E-state index < -0.39 is 0 Å². The lowest BCUT2D eigenvalue weighted by molar-refractivity contribution is 0.0878. The standard InChI is InChI=1S/C10H18N4O/c1-8-10(2,4-5-15-8)11-6-9-13-12-7-14(9)3/h7-8,11H,4-6H2,1-3H3. The summed E-state index contributed by atoms with van der Waals surface area (Å²) in [4.78, 5) is 0. The van der Waals surface area contributed by atoms with Crippen molar-refractivity contribution in [2.75, 3.05) is 6.61 Å². The van der Waals surface area contributed by atoms with E-state index in [2.05, 4.69) is 29.4 Å². The van der Waals surface area contributed by atoms with Gasteiger partial charge < -0.3 is 14.6 Å². The molecule has 1 aromatic rings. The second-order valence-electron chi connectivity index (χ2n) is 4.39. The Bertz CT molecular complexity index is 338. The van der Waals surface area contributed by atoms with Gasteiger partial charge in [0.05, 0.1) is 12.6 Å². The van der Waals surface area contributed by atoms with Crippen molar-refractivity contribution in [2.45, 2.75) is 38.5 Å². The van der Waals surface area contributed by atoms with Gasteiger partial charge >= 0.3 is 0 Å². The first-order valence-corrected chi connectivity index (χ1v) is 5.31. The Hall–Kier alpha value is -0.940. The number of hydrogen-bond acceptors (Lipinski definition) is 4. The third-order valence-corrected chi connectivity index (χ3v) is 3.34. The summed E-state index contributed by atoms with van der Waals surface area (Å²) >= 11 is 0. The lowest BCUT2D eigenvalue weighted by atomic mass is 9.95. The molecule has 1 aliphatic heterocycles. The van der Waals surface area contributed by atoms with Gasteiger partial charge in [0.25, 0.3) is 0 Å². The molecule has 1 saturated heterocycles. The molecule has 2 unspecified atom stereocenters. The Morgan fingerprint density at radius 1 is 1.73 bits per heavy atom. The fourth-order valence-corrected chi connectivity index (χ4v) is 1.82.